The van der Waals surface area contributed by atoms with Crippen LogP contribution < -0.4 is 10.2 Å². The molecule has 2 aromatic rings. The van der Waals surface area contributed by atoms with Crippen LogP contribution in [0.5, 0.6) is 0 Å². The van der Waals surface area contributed by atoms with E-state index in [0.29, 0.717) is 36.7 Å². The summed E-state index contributed by atoms with van der Waals surface area (Å²) in [5.41, 5.74) is 1.89. The van der Waals surface area contributed by atoms with Crippen molar-refractivity contribution in [2.75, 3.05) is 62.7 Å². The molecule has 0 aromatic carbocycles. The lowest BCUT2D eigenvalue weighted by molar-refractivity contribution is -0.117. The van der Waals surface area contributed by atoms with Crippen molar-refractivity contribution < 1.29 is 14.3 Å². The molecule has 4 rings (SSSR count). The Morgan fingerprint density at radius 3 is 2.75 bits per heavy atom. The summed E-state index contributed by atoms with van der Waals surface area (Å²) in [7, 11) is 0. The molecule has 9 heteroatoms. The summed E-state index contributed by atoms with van der Waals surface area (Å²) in [6.45, 7) is 8.00. The van der Waals surface area contributed by atoms with Gasteiger partial charge >= 0.3 is 0 Å². The number of aromatic nitrogens is 2. The summed E-state index contributed by atoms with van der Waals surface area (Å²) < 4.78 is 5.57. The van der Waals surface area contributed by atoms with Gasteiger partial charge in [0.1, 0.15) is 0 Å². The zero-order chi connectivity index (χ0) is 22.3. The first-order chi connectivity index (χ1) is 15.7. The summed E-state index contributed by atoms with van der Waals surface area (Å²) in [6, 6.07) is 7.38. The van der Waals surface area contributed by atoms with Crippen LogP contribution in [-0.4, -0.2) is 84.1 Å². The fourth-order valence-corrected chi connectivity index (χ4v) is 3.93. The first-order valence-corrected chi connectivity index (χ1v) is 11.2. The fourth-order valence-electron chi connectivity index (χ4n) is 3.93. The van der Waals surface area contributed by atoms with Crippen LogP contribution in [0.3, 0.4) is 0 Å². The van der Waals surface area contributed by atoms with Gasteiger partial charge in [-0.05, 0) is 24.6 Å². The molecule has 0 bridgehead atoms. The first kappa shape index (κ1) is 22.2. The van der Waals surface area contributed by atoms with Crippen molar-refractivity contribution in [3.63, 3.8) is 0 Å². The van der Waals surface area contributed by atoms with Crippen LogP contribution in [-0.2, 0) is 16.1 Å². The molecule has 9 nitrogen and oxygen atoms in total. The maximum absolute atomic E-state index is 13.1. The van der Waals surface area contributed by atoms with E-state index in [-0.39, 0.29) is 18.4 Å². The van der Waals surface area contributed by atoms with Gasteiger partial charge < -0.3 is 19.9 Å². The lowest BCUT2D eigenvalue weighted by Gasteiger charge is -2.35. The third kappa shape index (κ3) is 5.23. The molecule has 2 aliphatic rings. The molecule has 32 heavy (non-hydrogen) atoms. The van der Waals surface area contributed by atoms with Crippen LogP contribution in [0.1, 0.15) is 29.4 Å². The summed E-state index contributed by atoms with van der Waals surface area (Å²) in [4.78, 5) is 40.3. The summed E-state index contributed by atoms with van der Waals surface area (Å²) in [5, 5.41) is 3.04. The molecule has 1 saturated heterocycles. The Kier molecular flexibility index (Phi) is 7.28. The maximum Gasteiger partial charge on any atom is 0.255 e. The number of pyridine rings is 2. The monoisotopic (exact) mass is 438 g/mol. The SMILES string of the molecule is CCCOCCN1CCN(C(=O)c2cnc3c(c2)N(Cc2ccccn2)C(=O)CN3)CC1. The van der Waals surface area contributed by atoms with E-state index in [1.165, 1.54) is 0 Å². The quantitative estimate of drug-likeness (QED) is 0.626. The van der Waals surface area contributed by atoms with E-state index < -0.39 is 0 Å². The fraction of sp³-hybridized carbons (Fsp3) is 0.478. The van der Waals surface area contributed by atoms with Crippen molar-refractivity contribution in [3.8, 4) is 0 Å². The Morgan fingerprint density at radius 2 is 2.00 bits per heavy atom. The van der Waals surface area contributed by atoms with Crippen molar-refractivity contribution in [3.05, 3.63) is 47.9 Å². The number of carbonyl (C=O) groups excluding carboxylic acids is 2. The molecule has 0 saturated carbocycles. The predicted octanol–water partition coefficient (Wildman–Crippen LogP) is 1.62. The Labute approximate surface area is 188 Å². The highest BCUT2D eigenvalue weighted by Crippen LogP contribution is 2.30. The van der Waals surface area contributed by atoms with E-state index in [2.05, 4.69) is 27.1 Å². The average molecular weight is 439 g/mol. The first-order valence-electron chi connectivity index (χ1n) is 11.2. The topological polar surface area (TPSA) is 90.9 Å². The highest BCUT2D eigenvalue weighted by Gasteiger charge is 2.28. The van der Waals surface area contributed by atoms with Gasteiger partial charge in [-0.25, -0.2) is 4.98 Å². The van der Waals surface area contributed by atoms with Crippen molar-refractivity contribution in [2.24, 2.45) is 0 Å². The molecule has 1 fully saturated rings. The Hall–Kier alpha value is -3.04. The smallest absolute Gasteiger partial charge is 0.255 e. The van der Waals surface area contributed by atoms with E-state index in [0.717, 1.165) is 45.0 Å². The summed E-state index contributed by atoms with van der Waals surface area (Å²) >= 11 is 0. The molecular weight excluding hydrogens is 408 g/mol. The average Bonchev–Trinajstić information content (AvgIpc) is 2.84. The standard InChI is InChI=1S/C23H30N6O3/c1-2-12-32-13-11-27-7-9-28(10-8-27)23(31)18-14-20-22(25-15-18)26-16-21(30)29(20)17-19-5-3-4-6-24-19/h3-6,14-15H,2,7-13,16-17H2,1H3,(H,25,26). The number of hydrogen-bond acceptors (Lipinski definition) is 7. The molecule has 0 unspecified atom stereocenters. The third-order valence-corrected chi connectivity index (χ3v) is 5.72. The number of hydrogen-bond donors (Lipinski definition) is 1. The molecule has 2 aliphatic heterocycles. The van der Waals surface area contributed by atoms with Crippen LogP contribution in [0, 0.1) is 0 Å². The second kappa shape index (κ2) is 10.5. The number of nitrogens with zero attached hydrogens (tertiary/aromatic N) is 5. The van der Waals surface area contributed by atoms with E-state index >= 15 is 0 Å². The van der Waals surface area contributed by atoms with E-state index in [4.69, 9.17) is 4.74 Å². The van der Waals surface area contributed by atoms with Gasteiger partial charge in [0.2, 0.25) is 5.91 Å². The second-order valence-electron chi connectivity index (χ2n) is 7.99. The summed E-state index contributed by atoms with van der Waals surface area (Å²) in [6.07, 6.45) is 4.32. The number of anilines is 2. The Bertz CT molecular complexity index is 931. The van der Waals surface area contributed by atoms with Gasteiger partial charge in [0, 0.05) is 51.7 Å². The van der Waals surface area contributed by atoms with Crippen LogP contribution in [0.2, 0.25) is 0 Å². The molecular formula is C23H30N6O3. The Balaban J connectivity index is 1.42. The van der Waals surface area contributed by atoms with E-state index in [1.807, 2.05) is 23.1 Å². The number of fused-ring (bicyclic) bond motifs is 1. The molecule has 1 N–H and O–H groups in total. The molecule has 0 radical (unpaired) electrons. The molecule has 0 atom stereocenters. The van der Waals surface area contributed by atoms with Gasteiger partial charge in [0.05, 0.1) is 36.6 Å². The number of rotatable bonds is 8. The molecule has 0 aliphatic carbocycles. The number of nitrogens with one attached hydrogen (secondary N) is 1. The lowest BCUT2D eigenvalue weighted by Crippen LogP contribution is -2.49. The normalized spacial score (nSPS) is 16.6. The zero-order valence-corrected chi connectivity index (χ0v) is 18.5. The third-order valence-electron chi connectivity index (χ3n) is 5.72. The van der Waals surface area contributed by atoms with Crippen molar-refractivity contribution in [2.45, 2.75) is 19.9 Å². The number of ether oxygens (including phenoxy) is 1. The number of carbonyl (C=O) groups is 2. The Morgan fingerprint density at radius 1 is 1.16 bits per heavy atom. The van der Waals surface area contributed by atoms with Gasteiger partial charge in [0.15, 0.2) is 5.82 Å². The lowest BCUT2D eigenvalue weighted by atomic mass is 10.1. The number of piperazine rings is 1. The van der Waals surface area contributed by atoms with Gasteiger partial charge in [0.25, 0.3) is 5.91 Å². The van der Waals surface area contributed by atoms with Crippen molar-refractivity contribution >= 4 is 23.3 Å². The van der Waals surface area contributed by atoms with Gasteiger partial charge in [-0.3, -0.25) is 19.5 Å². The predicted molar refractivity (Wildman–Crippen MR) is 122 cm³/mol. The maximum atomic E-state index is 13.1. The summed E-state index contributed by atoms with van der Waals surface area (Å²) in [5.74, 6) is 0.473. The van der Waals surface area contributed by atoms with Crippen LogP contribution in [0.4, 0.5) is 11.5 Å². The minimum absolute atomic E-state index is 0.0574. The van der Waals surface area contributed by atoms with Crippen LogP contribution in [0.25, 0.3) is 0 Å². The molecule has 0 spiro atoms. The highest BCUT2D eigenvalue weighted by atomic mass is 16.5. The molecule has 170 valence electrons. The zero-order valence-electron chi connectivity index (χ0n) is 18.5. The molecule has 2 aromatic heterocycles. The van der Waals surface area contributed by atoms with Crippen LogP contribution in [0.15, 0.2) is 36.7 Å². The van der Waals surface area contributed by atoms with E-state index in [9.17, 15) is 9.59 Å². The largest absolute Gasteiger partial charge is 0.380 e. The minimum Gasteiger partial charge on any atom is -0.380 e. The van der Waals surface area contributed by atoms with Crippen molar-refractivity contribution in [1.82, 2.24) is 19.8 Å². The van der Waals surface area contributed by atoms with Crippen LogP contribution >= 0.6 is 0 Å². The van der Waals surface area contributed by atoms with Gasteiger partial charge in [-0.15, -0.1) is 0 Å². The molecule has 4 heterocycles. The van der Waals surface area contributed by atoms with Gasteiger partial charge in [-0.2, -0.15) is 0 Å². The van der Waals surface area contributed by atoms with Crippen molar-refractivity contribution in [1.29, 1.82) is 0 Å². The minimum atomic E-state index is -0.0755. The van der Waals surface area contributed by atoms with E-state index in [1.54, 1.807) is 23.4 Å². The number of amides is 2. The highest BCUT2D eigenvalue weighted by molar-refractivity contribution is 6.04. The molecule has 2 amide bonds. The van der Waals surface area contributed by atoms with Gasteiger partial charge in [-0.1, -0.05) is 13.0 Å². The second-order valence-corrected chi connectivity index (χ2v) is 7.99.